The van der Waals surface area contributed by atoms with Gasteiger partial charge in [-0.25, -0.2) is 4.98 Å². The molecule has 0 radical (unpaired) electrons. The number of benzene rings is 1. The maximum atomic E-state index is 12.0. The van der Waals surface area contributed by atoms with Crippen LogP contribution in [0.15, 0.2) is 36.7 Å². The third kappa shape index (κ3) is 2.81. The SMILES string of the molecule is COc1cc2sc(NC(=O)c3cccnc3)nc2cc1Cl. The summed E-state index contributed by atoms with van der Waals surface area (Å²) >= 11 is 7.41. The minimum atomic E-state index is -0.250. The van der Waals surface area contributed by atoms with Crippen molar-refractivity contribution < 1.29 is 9.53 Å². The number of thiazole rings is 1. The van der Waals surface area contributed by atoms with E-state index in [2.05, 4.69) is 15.3 Å². The van der Waals surface area contributed by atoms with Crippen molar-refractivity contribution in [2.75, 3.05) is 12.4 Å². The van der Waals surface area contributed by atoms with E-state index in [1.807, 2.05) is 0 Å². The lowest BCUT2D eigenvalue weighted by Crippen LogP contribution is -2.11. The second-order valence-electron chi connectivity index (χ2n) is 4.17. The smallest absolute Gasteiger partial charge is 0.259 e. The fourth-order valence-corrected chi connectivity index (χ4v) is 2.91. The van der Waals surface area contributed by atoms with E-state index in [1.165, 1.54) is 17.5 Å². The zero-order chi connectivity index (χ0) is 14.8. The first-order valence-electron chi connectivity index (χ1n) is 6.03. The Morgan fingerprint density at radius 3 is 3.00 bits per heavy atom. The van der Waals surface area contributed by atoms with Crippen LogP contribution in [0.4, 0.5) is 5.13 Å². The summed E-state index contributed by atoms with van der Waals surface area (Å²) in [7, 11) is 1.55. The van der Waals surface area contributed by atoms with Gasteiger partial charge in [-0.1, -0.05) is 22.9 Å². The summed E-state index contributed by atoms with van der Waals surface area (Å²) in [5, 5.41) is 3.74. The van der Waals surface area contributed by atoms with Crippen molar-refractivity contribution in [2.45, 2.75) is 0 Å². The Morgan fingerprint density at radius 1 is 1.43 bits per heavy atom. The van der Waals surface area contributed by atoms with Crippen molar-refractivity contribution in [3.63, 3.8) is 0 Å². The molecule has 0 fully saturated rings. The maximum Gasteiger partial charge on any atom is 0.259 e. The number of rotatable bonds is 3. The van der Waals surface area contributed by atoms with E-state index in [0.717, 1.165) is 4.70 Å². The second kappa shape index (κ2) is 5.67. The van der Waals surface area contributed by atoms with Crippen molar-refractivity contribution in [3.05, 3.63) is 47.2 Å². The van der Waals surface area contributed by atoms with Gasteiger partial charge in [-0.15, -0.1) is 0 Å². The fourth-order valence-electron chi connectivity index (χ4n) is 1.81. The summed E-state index contributed by atoms with van der Waals surface area (Å²) < 4.78 is 6.05. The second-order valence-corrected chi connectivity index (χ2v) is 5.61. The Hall–Kier alpha value is -2.18. The van der Waals surface area contributed by atoms with E-state index in [1.54, 1.807) is 37.6 Å². The van der Waals surface area contributed by atoms with Crippen LogP contribution in [0, 0.1) is 0 Å². The summed E-state index contributed by atoms with van der Waals surface area (Å²) in [6.45, 7) is 0. The van der Waals surface area contributed by atoms with Gasteiger partial charge in [-0.3, -0.25) is 15.1 Å². The number of methoxy groups -OCH3 is 1. The number of carbonyl (C=O) groups is 1. The Kier molecular flexibility index (Phi) is 3.72. The number of hydrogen-bond donors (Lipinski definition) is 1. The Morgan fingerprint density at radius 2 is 2.29 bits per heavy atom. The number of fused-ring (bicyclic) bond motifs is 1. The molecular formula is C14H10ClN3O2S. The predicted octanol–water partition coefficient (Wildman–Crippen LogP) is 3.61. The monoisotopic (exact) mass is 319 g/mol. The van der Waals surface area contributed by atoms with E-state index >= 15 is 0 Å². The zero-order valence-corrected chi connectivity index (χ0v) is 12.5. The molecule has 3 rings (SSSR count). The highest BCUT2D eigenvalue weighted by Crippen LogP contribution is 2.34. The van der Waals surface area contributed by atoms with E-state index in [-0.39, 0.29) is 5.91 Å². The molecule has 106 valence electrons. The molecule has 1 aromatic carbocycles. The average Bonchev–Trinajstić information content (AvgIpc) is 2.88. The number of halogens is 1. The number of aromatic nitrogens is 2. The molecular weight excluding hydrogens is 310 g/mol. The Labute approximate surface area is 129 Å². The molecule has 0 saturated heterocycles. The molecule has 1 N–H and O–H groups in total. The molecule has 1 amide bonds. The summed E-state index contributed by atoms with van der Waals surface area (Å²) in [4.78, 5) is 20.3. The first-order valence-corrected chi connectivity index (χ1v) is 7.22. The third-order valence-corrected chi connectivity index (χ3v) is 4.04. The lowest BCUT2D eigenvalue weighted by atomic mass is 10.3. The number of nitrogens with one attached hydrogen (secondary N) is 1. The molecule has 0 aliphatic heterocycles. The van der Waals surface area contributed by atoms with Crippen molar-refractivity contribution in [1.82, 2.24) is 9.97 Å². The van der Waals surface area contributed by atoms with Crippen LogP contribution in [-0.4, -0.2) is 23.0 Å². The molecule has 5 nitrogen and oxygen atoms in total. The molecule has 0 spiro atoms. The zero-order valence-electron chi connectivity index (χ0n) is 11.0. The first-order chi connectivity index (χ1) is 10.2. The Balaban J connectivity index is 1.90. The number of amides is 1. The normalized spacial score (nSPS) is 10.6. The van der Waals surface area contributed by atoms with Crippen LogP contribution in [0.1, 0.15) is 10.4 Å². The van der Waals surface area contributed by atoms with Gasteiger partial charge >= 0.3 is 0 Å². The molecule has 2 heterocycles. The highest BCUT2D eigenvalue weighted by molar-refractivity contribution is 7.22. The van der Waals surface area contributed by atoms with Crippen LogP contribution in [0.5, 0.6) is 5.75 Å². The molecule has 7 heteroatoms. The molecule has 2 aromatic heterocycles. The number of carbonyl (C=O) groups excluding carboxylic acids is 1. The van der Waals surface area contributed by atoms with Gasteiger partial charge in [0.25, 0.3) is 5.91 Å². The van der Waals surface area contributed by atoms with E-state index in [9.17, 15) is 4.79 Å². The molecule has 0 atom stereocenters. The van der Waals surface area contributed by atoms with Gasteiger partial charge in [-0.05, 0) is 18.2 Å². The standard InChI is InChI=1S/C14H10ClN3O2S/c1-20-11-6-12-10(5-9(11)15)17-14(21-12)18-13(19)8-3-2-4-16-7-8/h2-7H,1H3,(H,17,18,19). The molecule has 0 unspecified atom stereocenters. The number of pyridine rings is 1. The van der Waals surface area contributed by atoms with Crippen molar-refractivity contribution in [1.29, 1.82) is 0 Å². The summed E-state index contributed by atoms with van der Waals surface area (Å²) in [6.07, 6.45) is 3.12. The molecule has 0 bridgehead atoms. The van der Waals surface area contributed by atoms with Crippen LogP contribution < -0.4 is 10.1 Å². The molecule has 21 heavy (non-hydrogen) atoms. The Bertz CT molecular complexity index is 805. The van der Waals surface area contributed by atoms with E-state index in [4.69, 9.17) is 16.3 Å². The van der Waals surface area contributed by atoms with Crippen LogP contribution >= 0.6 is 22.9 Å². The maximum absolute atomic E-state index is 12.0. The lowest BCUT2D eigenvalue weighted by molar-refractivity contribution is 0.102. The highest BCUT2D eigenvalue weighted by Gasteiger charge is 2.12. The van der Waals surface area contributed by atoms with E-state index < -0.39 is 0 Å². The fraction of sp³-hybridized carbons (Fsp3) is 0.0714. The van der Waals surface area contributed by atoms with Gasteiger partial charge in [0.05, 0.1) is 27.9 Å². The predicted molar refractivity (Wildman–Crippen MR) is 83.4 cm³/mol. The topological polar surface area (TPSA) is 64.1 Å². The third-order valence-electron chi connectivity index (χ3n) is 2.81. The lowest BCUT2D eigenvalue weighted by Gasteiger charge is -2.00. The summed E-state index contributed by atoms with van der Waals surface area (Å²) in [5.41, 5.74) is 1.19. The summed E-state index contributed by atoms with van der Waals surface area (Å²) in [5.74, 6) is 0.332. The molecule has 3 aromatic rings. The molecule has 0 aliphatic carbocycles. The largest absolute Gasteiger partial charge is 0.495 e. The summed E-state index contributed by atoms with van der Waals surface area (Å²) in [6, 6.07) is 6.91. The van der Waals surface area contributed by atoms with Gasteiger partial charge in [0.1, 0.15) is 5.75 Å². The molecule has 0 saturated carbocycles. The van der Waals surface area contributed by atoms with Crippen molar-refractivity contribution >= 4 is 44.2 Å². The van der Waals surface area contributed by atoms with Crippen LogP contribution in [-0.2, 0) is 0 Å². The van der Waals surface area contributed by atoms with Gasteiger partial charge in [0.2, 0.25) is 0 Å². The van der Waals surface area contributed by atoms with Gasteiger partial charge < -0.3 is 4.74 Å². The first kappa shape index (κ1) is 13.8. The quantitative estimate of drug-likeness (QED) is 0.801. The number of nitrogens with zero attached hydrogens (tertiary/aromatic N) is 2. The average molecular weight is 320 g/mol. The number of hydrogen-bond acceptors (Lipinski definition) is 5. The molecule has 0 aliphatic rings. The van der Waals surface area contributed by atoms with Crippen LogP contribution in [0.3, 0.4) is 0 Å². The van der Waals surface area contributed by atoms with Gasteiger partial charge in [0.15, 0.2) is 5.13 Å². The van der Waals surface area contributed by atoms with Gasteiger partial charge in [0, 0.05) is 18.5 Å². The minimum Gasteiger partial charge on any atom is -0.495 e. The van der Waals surface area contributed by atoms with Crippen LogP contribution in [0.25, 0.3) is 10.2 Å². The highest BCUT2D eigenvalue weighted by atomic mass is 35.5. The van der Waals surface area contributed by atoms with E-state index in [0.29, 0.717) is 27.0 Å². The number of anilines is 1. The van der Waals surface area contributed by atoms with Gasteiger partial charge in [-0.2, -0.15) is 0 Å². The number of ether oxygens (including phenoxy) is 1. The van der Waals surface area contributed by atoms with Crippen molar-refractivity contribution in [3.8, 4) is 5.75 Å². The minimum absolute atomic E-state index is 0.250. The van der Waals surface area contributed by atoms with Crippen molar-refractivity contribution in [2.24, 2.45) is 0 Å². The van der Waals surface area contributed by atoms with Crippen LogP contribution in [0.2, 0.25) is 5.02 Å².